The molecule has 2 saturated heterocycles. The minimum absolute atomic E-state index is 0.0185. The highest BCUT2D eigenvalue weighted by Crippen LogP contribution is 2.35. The highest BCUT2D eigenvalue weighted by molar-refractivity contribution is 5.88. The first-order chi connectivity index (χ1) is 18.7. The predicted molar refractivity (Wildman–Crippen MR) is 152 cm³/mol. The van der Waals surface area contributed by atoms with E-state index in [4.69, 9.17) is 14.2 Å². The zero-order chi connectivity index (χ0) is 28.0. The van der Waals surface area contributed by atoms with Crippen LogP contribution in [0.15, 0.2) is 48.5 Å². The molecule has 2 aromatic carbocycles. The number of carbonyl (C=O) groups excluding carboxylic acids is 2. The number of amides is 2. The van der Waals surface area contributed by atoms with Crippen LogP contribution in [0.1, 0.15) is 70.4 Å². The van der Waals surface area contributed by atoms with E-state index in [1.807, 2.05) is 39.0 Å². The maximum absolute atomic E-state index is 13.8. The Morgan fingerprint density at radius 2 is 1.59 bits per heavy atom. The molecule has 4 rings (SSSR count). The molecule has 2 bridgehead atoms. The quantitative estimate of drug-likeness (QED) is 0.351. The van der Waals surface area contributed by atoms with Gasteiger partial charge in [-0.05, 0) is 95.4 Å². The summed E-state index contributed by atoms with van der Waals surface area (Å²) in [6, 6.07) is 16.3. The second kappa shape index (κ2) is 12.8. The molecule has 2 heterocycles. The highest BCUT2D eigenvalue weighted by Gasteiger charge is 2.50. The largest absolute Gasteiger partial charge is 0.493 e. The van der Waals surface area contributed by atoms with Crippen LogP contribution >= 0.6 is 0 Å². The molecule has 39 heavy (non-hydrogen) atoms. The van der Waals surface area contributed by atoms with Gasteiger partial charge >= 0.3 is 6.09 Å². The minimum Gasteiger partial charge on any atom is -0.493 e. The van der Waals surface area contributed by atoms with Crippen molar-refractivity contribution in [3.8, 4) is 11.5 Å². The Hall–Kier alpha value is -3.22. The summed E-state index contributed by atoms with van der Waals surface area (Å²) >= 11 is 0. The molecule has 7 nitrogen and oxygen atoms in total. The van der Waals surface area contributed by atoms with Crippen LogP contribution in [0, 0.1) is 0 Å². The van der Waals surface area contributed by atoms with Crippen molar-refractivity contribution in [1.82, 2.24) is 9.80 Å². The summed E-state index contributed by atoms with van der Waals surface area (Å²) in [4.78, 5) is 30.5. The molecular weight excluding hydrogens is 492 g/mol. The van der Waals surface area contributed by atoms with E-state index in [-0.39, 0.29) is 24.1 Å². The maximum atomic E-state index is 13.8. The Balaban J connectivity index is 1.44. The van der Waals surface area contributed by atoms with E-state index in [2.05, 4.69) is 35.2 Å². The third kappa shape index (κ3) is 7.25. The fourth-order valence-electron chi connectivity index (χ4n) is 5.95. The summed E-state index contributed by atoms with van der Waals surface area (Å²) < 4.78 is 16.5. The number of hydrogen-bond acceptors (Lipinski definition) is 5. The van der Waals surface area contributed by atoms with Crippen molar-refractivity contribution in [1.29, 1.82) is 0 Å². The average Bonchev–Trinajstić information content (AvgIpc) is 3.26. The smallest absolute Gasteiger partial charge is 0.411 e. The van der Waals surface area contributed by atoms with Gasteiger partial charge in [-0.1, -0.05) is 36.4 Å². The number of methoxy groups -OCH3 is 2. The van der Waals surface area contributed by atoms with E-state index < -0.39 is 11.6 Å². The second-order valence-corrected chi connectivity index (χ2v) is 11.7. The SMILES string of the molecule is COc1ccc(CCCC(CCCc2ccccc2)N2CC3CCC(C2=O)N3C(=O)OC(C)(C)C)cc1OC. The van der Waals surface area contributed by atoms with Gasteiger partial charge < -0.3 is 19.1 Å². The van der Waals surface area contributed by atoms with Crippen molar-refractivity contribution >= 4 is 12.0 Å². The Bertz CT molecular complexity index is 1110. The number of ether oxygens (including phenoxy) is 3. The van der Waals surface area contributed by atoms with Crippen molar-refractivity contribution in [3.05, 3.63) is 59.7 Å². The Labute approximate surface area is 233 Å². The molecule has 7 heteroatoms. The van der Waals surface area contributed by atoms with Crippen LogP contribution in [0.5, 0.6) is 11.5 Å². The second-order valence-electron chi connectivity index (χ2n) is 11.7. The topological polar surface area (TPSA) is 68.3 Å². The van der Waals surface area contributed by atoms with E-state index in [9.17, 15) is 9.59 Å². The number of hydrogen-bond donors (Lipinski definition) is 0. The fraction of sp³-hybridized carbons (Fsp3) is 0.562. The molecule has 212 valence electrons. The van der Waals surface area contributed by atoms with Gasteiger partial charge in [0, 0.05) is 12.6 Å². The van der Waals surface area contributed by atoms with Crippen LogP contribution in [0.3, 0.4) is 0 Å². The number of aryl methyl sites for hydroxylation is 2. The average molecular weight is 537 g/mol. The lowest BCUT2D eigenvalue weighted by Crippen LogP contribution is -2.61. The van der Waals surface area contributed by atoms with Crippen molar-refractivity contribution in [3.63, 3.8) is 0 Å². The first-order valence-corrected chi connectivity index (χ1v) is 14.3. The van der Waals surface area contributed by atoms with Gasteiger partial charge in [-0.3, -0.25) is 9.69 Å². The number of rotatable bonds is 11. The van der Waals surface area contributed by atoms with Crippen LogP contribution in [0.2, 0.25) is 0 Å². The van der Waals surface area contributed by atoms with Crippen LogP contribution in [0.4, 0.5) is 4.79 Å². The molecule has 2 amide bonds. The van der Waals surface area contributed by atoms with Crippen molar-refractivity contribution in [2.75, 3.05) is 20.8 Å². The minimum atomic E-state index is -0.583. The molecule has 0 saturated carbocycles. The summed E-state index contributed by atoms with van der Waals surface area (Å²) in [5.74, 6) is 1.54. The zero-order valence-electron chi connectivity index (χ0n) is 24.2. The van der Waals surface area contributed by atoms with Gasteiger partial charge in [0.25, 0.3) is 0 Å². The van der Waals surface area contributed by atoms with Gasteiger partial charge in [0.15, 0.2) is 11.5 Å². The Morgan fingerprint density at radius 1 is 0.923 bits per heavy atom. The monoisotopic (exact) mass is 536 g/mol. The van der Waals surface area contributed by atoms with Crippen LogP contribution in [-0.4, -0.2) is 66.3 Å². The summed E-state index contributed by atoms with van der Waals surface area (Å²) in [6.07, 6.45) is 6.91. The molecule has 0 aromatic heterocycles. The highest BCUT2D eigenvalue weighted by atomic mass is 16.6. The molecule has 2 fully saturated rings. The number of likely N-dealkylation sites (tertiary alicyclic amines) is 1. The standard InChI is InChI=1S/C32H44N2O5/c1-32(2,3)39-31(36)34-26-18-19-27(34)30(35)33(22-26)25(15-9-13-23-11-7-6-8-12-23)16-10-14-24-17-20-28(37-4)29(21-24)38-5/h6-8,11-12,17,20-21,25-27H,9-10,13-16,18-19,22H2,1-5H3. The summed E-state index contributed by atoms with van der Waals surface area (Å²) in [6.45, 7) is 6.19. The summed E-state index contributed by atoms with van der Waals surface area (Å²) in [5, 5.41) is 0. The van der Waals surface area contributed by atoms with Crippen molar-refractivity contribution < 1.29 is 23.8 Å². The number of carbonyl (C=O) groups is 2. The van der Waals surface area contributed by atoms with Crippen molar-refractivity contribution in [2.24, 2.45) is 0 Å². The number of piperazine rings is 1. The van der Waals surface area contributed by atoms with E-state index in [1.165, 1.54) is 11.1 Å². The number of nitrogens with zero attached hydrogens (tertiary/aromatic N) is 2. The molecule has 0 spiro atoms. The predicted octanol–water partition coefficient (Wildman–Crippen LogP) is 6.03. The Kier molecular flexibility index (Phi) is 9.41. The molecule has 2 aromatic rings. The van der Waals surface area contributed by atoms with Crippen molar-refractivity contribution in [2.45, 2.75) is 95.9 Å². The van der Waals surface area contributed by atoms with Gasteiger partial charge in [-0.2, -0.15) is 0 Å². The van der Waals surface area contributed by atoms with Gasteiger partial charge in [0.05, 0.1) is 20.3 Å². The van der Waals surface area contributed by atoms with E-state index in [1.54, 1.807) is 19.1 Å². The molecule has 2 aliphatic heterocycles. The summed E-state index contributed by atoms with van der Waals surface area (Å²) in [5.41, 5.74) is 1.93. The first-order valence-electron chi connectivity index (χ1n) is 14.3. The maximum Gasteiger partial charge on any atom is 0.411 e. The third-order valence-corrected chi connectivity index (χ3v) is 7.82. The van der Waals surface area contributed by atoms with Gasteiger partial charge in [-0.25, -0.2) is 4.79 Å². The van der Waals surface area contributed by atoms with E-state index >= 15 is 0 Å². The number of benzene rings is 2. The van der Waals surface area contributed by atoms with E-state index in [0.717, 1.165) is 56.4 Å². The van der Waals surface area contributed by atoms with Gasteiger partial charge in [-0.15, -0.1) is 0 Å². The number of fused-ring (bicyclic) bond motifs is 2. The summed E-state index contributed by atoms with van der Waals surface area (Å²) in [7, 11) is 3.30. The lowest BCUT2D eigenvalue weighted by atomic mass is 9.96. The fourth-order valence-corrected chi connectivity index (χ4v) is 5.95. The van der Waals surface area contributed by atoms with E-state index in [0.29, 0.717) is 13.0 Å². The Morgan fingerprint density at radius 3 is 2.23 bits per heavy atom. The molecule has 0 aliphatic carbocycles. The van der Waals surface area contributed by atoms with Gasteiger partial charge in [0.1, 0.15) is 11.6 Å². The normalized spacial score (nSPS) is 19.7. The molecule has 0 radical (unpaired) electrons. The third-order valence-electron chi connectivity index (χ3n) is 7.82. The molecule has 0 N–H and O–H groups in total. The lowest BCUT2D eigenvalue weighted by molar-refractivity contribution is -0.144. The molecular formula is C32H44N2O5. The zero-order valence-corrected chi connectivity index (χ0v) is 24.2. The van der Waals surface area contributed by atoms with Crippen LogP contribution < -0.4 is 9.47 Å². The lowest BCUT2D eigenvalue weighted by Gasteiger charge is -2.44. The molecule has 3 unspecified atom stereocenters. The van der Waals surface area contributed by atoms with Crippen LogP contribution in [0.25, 0.3) is 0 Å². The molecule has 3 atom stereocenters. The first kappa shape index (κ1) is 28.8. The van der Waals surface area contributed by atoms with Crippen LogP contribution in [-0.2, 0) is 22.4 Å². The van der Waals surface area contributed by atoms with Gasteiger partial charge in [0.2, 0.25) is 5.91 Å². The molecule has 2 aliphatic rings.